The first-order chi connectivity index (χ1) is 13.1. The molecule has 0 saturated carbocycles. The Labute approximate surface area is 160 Å². The Hall–Kier alpha value is -2.28. The van der Waals surface area contributed by atoms with Crippen molar-refractivity contribution in [2.45, 2.75) is 52.7 Å². The van der Waals surface area contributed by atoms with E-state index < -0.39 is 0 Å². The number of hydrogen-bond acceptors (Lipinski definition) is 5. The largest absolute Gasteiger partial charge is 0.335 e. The molecule has 1 amide bonds. The summed E-state index contributed by atoms with van der Waals surface area (Å²) in [5, 5.41) is 4.67. The smallest absolute Gasteiger partial charge is 0.274 e. The molecule has 0 aliphatic carbocycles. The lowest BCUT2D eigenvalue weighted by atomic mass is 9.94. The normalized spacial score (nSPS) is 22.9. The maximum Gasteiger partial charge on any atom is 0.274 e. The Morgan fingerprint density at radius 1 is 1.19 bits per heavy atom. The lowest BCUT2D eigenvalue weighted by Crippen LogP contribution is -2.44. The molecule has 2 atom stereocenters. The van der Waals surface area contributed by atoms with E-state index in [0.717, 1.165) is 44.8 Å². The molecule has 5 rings (SSSR count). The van der Waals surface area contributed by atoms with Gasteiger partial charge in [-0.3, -0.25) is 19.4 Å². The Balaban J connectivity index is 1.52. The molecular formula is C20H28N6O. The number of rotatable bonds is 4. The molecule has 3 aliphatic rings. The number of amides is 1. The van der Waals surface area contributed by atoms with Gasteiger partial charge in [0, 0.05) is 62.4 Å². The van der Waals surface area contributed by atoms with E-state index in [-0.39, 0.29) is 5.91 Å². The van der Waals surface area contributed by atoms with Crippen molar-refractivity contribution < 1.29 is 4.79 Å². The molecule has 5 heterocycles. The van der Waals surface area contributed by atoms with Crippen LogP contribution in [0.5, 0.6) is 0 Å². The molecule has 3 fully saturated rings. The van der Waals surface area contributed by atoms with Gasteiger partial charge in [-0.1, -0.05) is 0 Å². The standard InChI is InChI=1S/C20H28N6O/c1-4-26-15(3)18(14(2)23-26)13-24-10-16-5-6-17(24)12-25(11-16)20(27)19-9-21-7-8-22-19/h7-9,16-17H,4-6,10-13H2,1-3H3/t16-,17-/m1/s1. The van der Waals surface area contributed by atoms with E-state index in [2.05, 4.69) is 45.4 Å². The van der Waals surface area contributed by atoms with Gasteiger partial charge in [-0.05, 0) is 39.5 Å². The van der Waals surface area contributed by atoms with Crippen molar-refractivity contribution in [3.8, 4) is 0 Å². The average Bonchev–Trinajstić information content (AvgIpc) is 2.88. The third kappa shape index (κ3) is 3.48. The molecule has 144 valence electrons. The molecule has 0 unspecified atom stereocenters. The van der Waals surface area contributed by atoms with Crippen molar-refractivity contribution in [3.05, 3.63) is 41.2 Å². The zero-order chi connectivity index (χ0) is 19.0. The monoisotopic (exact) mass is 368 g/mol. The highest BCUT2D eigenvalue weighted by Gasteiger charge is 2.37. The first kappa shape index (κ1) is 18.1. The lowest BCUT2D eigenvalue weighted by Gasteiger charge is -2.36. The fraction of sp³-hybridized carbons (Fsp3) is 0.600. The van der Waals surface area contributed by atoms with E-state index in [9.17, 15) is 4.79 Å². The van der Waals surface area contributed by atoms with E-state index in [1.165, 1.54) is 17.7 Å². The van der Waals surface area contributed by atoms with Gasteiger partial charge < -0.3 is 4.90 Å². The fourth-order valence-electron chi connectivity index (χ4n) is 4.58. The minimum atomic E-state index is 0.00742. The highest BCUT2D eigenvalue weighted by Crippen LogP contribution is 2.30. The molecule has 7 nitrogen and oxygen atoms in total. The topological polar surface area (TPSA) is 67.2 Å². The average molecular weight is 368 g/mol. The molecule has 0 N–H and O–H groups in total. The van der Waals surface area contributed by atoms with Gasteiger partial charge in [0.05, 0.1) is 11.9 Å². The van der Waals surface area contributed by atoms with Crippen molar-refractivity contribution in [3.63, 3.8) is 0 Å². The van der Waals surface area contributed by atoms with E-state index in [0.29, 0.717) is 17.7 Å². The van der Waals surface area contributed by atoms with Crippen molar-refractivity contribution in [2.75, 3.05) is 19.6 Å². The summed E-state index contributed by atoms with van der Waals surface area (Å²) in [5.74, 6) is 0.527. The van der Waals surface area contributed by atoms with Gasteiger partial charge in [-0.15, -0.1) is 0 Å². The predicted octanol–water partition coefficient (Wildman–Crippen LogP) is 2.05. The molecule has 3 aliphatic heterocycles. The zero-order valence-electron chi connectivity index (χ0n) is 16.4. The second kappa shape index (κ2) is 7.38. The summed E-state index contributed by atoms with van der Waals surface area (Å²) in [6.07, 6.45) is 7.10. The van der Waals surface area contributed by atoms with Crippen LogP contribution >= 0.6 is 0 Å². The summed E-state index contributed by atoms with van der Waals surface area (Å²) in [7, 11) is 0. The van der Waals surface area contributed by atoms with Crippen LogP contribution in [0.4, 0.5) is 0 Å². The molecule has 27 heavy (non-hydrogen) atoms. The SMILES string of the molecule is CCn1nc(C)c(CN2C[C@H]3CC[C@@H]2CN(C(=O)c2cnccn2)C3)c1C. The van der Waals surface area contributed by atoms with Gasteiger partial charge in [-0.2, -0.15) is 5.10 Å². The fourth-order valence-corrected chi connectivity index (χ4v) is 4.58. The van der Waals surface area contributed by atoms with Crippen LogP contribution < -0.4 is 0 Å². The summed E-state index contributed by atoms with van der Waals surface area (Å²) in [4.78, 5) is 25.7. The third-order valence-electron chi connectivity index (χ3n) is 6.09. The van der Waals surface area contributed by atoms with Gasteiger partial charge >= 0.3 is 0 Å². The van der Waals surface area contributed by atoms with E-state index in [4.69, 9.17) is 0 Å². The predicted molar refractivity (Wildman–Crippen MR) is 102 cm³/mol. The molecule has 0 aromatic carbocycles. The van der Waals surface area contributed by atoms with Crippen LogP contribution in [-0.2, 0) is 13.1 Å². The highest BCUT2D eigenvalue weighted by atomic mass is 16.2. The van der Waals surface area contributed by atoms with Gasteiger partial charge in [0.25, 0.3) is 5.91 Å². The first-order valence-corrected chi connectivity index (χ1v) is 9.89. The Morgan fingerprint density at radius 3 is 2.74 bits per heavy atom. The number of nitrogens with zero attached hydrogens (tertiary/aromatic N) is 6. The van der Waals surface area contributed by atoms with Crippen molar-refractivity contribution in [1.29, 1.82) is 0 Å². The third-order valence-corrected chi connectivity index (χ3v) is 6.09. The van der Waals surface area contributed by atoms with Crippen LogP contribution in [0.15, 0.2) is 18.6 Å². The van der Waals surface area contributed by atoms with E-state index in [1.54, 1.807) is 18.6 Å². The molecule has 0 radical (unpaired) electrons. The molecule has 0 spiro atoms. The van der Waals surface area contributed by atoms with Crippen LogP contribution in [-0.4, -0.2) is 61.1 Å². The number of aryl methyl sites for hydroxylation is 2. The van der Waals surface area contributed by atoms with Crippen LogP contribution in [0, 0.1) is 19.8 Å². The Morgan fingerprint density at radius 2 is 2.04 bits per heavy atom. The molecule has 2 bridgehead atoms. The molecule has 3 saturated heterocycles. The van der Waals surface area contributed by atoms with Crippen LogP contribution in [0.25, 0.3) is 0 Å². The number of aromatic nitrogens is 4. The summed E-state index contributed by atoms with van der Waals surface area (Å²) in [6, 6.07) is 0.396. The second-order valence-corrected chi connectivity index (χ2v) is 7.79. The Bertz CT molecular complexity index is 817. The Kier molecular flexibility index (Phi) is 4.95. The number of carbonyl (C=O) groups is 1. The maximum atomic E-state index is 12.9. The van der Waals surface area contributed by atoms with Crippen LogP contribution in [0.2, 0.25) is 0 Å². The van der Waals surface area contributed by atoms with Crippen molar-refractivity contribution in [2.24, 2.45) is 5.92 Å². The molecule has 2 aromatic heterocycles. The summed E-state index contributed by atoms with van der Waals surface area (Å²) in [6.45, 7) is 10.9. The summed E-state index contributed by atoms with van der Waals surface area (Å²) < 4.78 is 2.09. The van der Waals surface area contributed by atoms with Crippen LogP contribution in [0.1, 0.15) is 47.2 Å². The minimum absolute atomic E-state index is 0.00742. The van der Waals surface area contributed by atoms with Crippen molar-refractivity contribution in [1.82, 2.24) is 29.5 Å². The van der Waals surface area contributed by atoms with E-state index >= 15 is 0 Å². The number of fused-ring (bicyclic) bond motifs is 4. The summed E-state index contributed by atoms with van der Waals surface area (Å²) in [5.41, 5.74) is 4.18. The highest BCUT2D eigenvalue weighted by molar-refractivity contribution is 5.92. The van der Waals surface area contributed by atoms with Crippen molar-refractivity contribution >= 4 is 5.91 Å². The van der Waals surface area contributed by atoms with Crippen LogP contribution in [0.3, 0.4) is 0 Å². The zero-order valence-corrected chi connectivity index (χ0v) is 16.4. The molecular weight excluding hydrogens is 340 g/mol. The first-order valence-electron chi connectivity index (χ1n) is 9.89. The maximum absolute atomic E-state index is 12.9. The minimum Gasteiger partial charge on any atom is -0.335 e. The second-order valence-electron chi connectivity index (χ2n) is 7.79. The molecule has 2 aromatic rings. The van der Waals surface area contributed by atoms with Gasteiger partial charge in [-0.25, -0.2) is 4.98 Å². The van der Waals surface area contributed by atoms with Gasteiger partial charge in [0.1, 0.15) is 5.69 Å². The van der Waals surface area contributed by atoms with Gasteiger partial charge in [0.15, 0.2) is 0 Å². The quantitative estimate of drug-likeness (QED) is 0.826. The van der Waals surface area contributed by atoms with Gasteiger partial charge in [0.2, 0.25) is 0 Å². The number of piperidine rings is 1. The number of hydrogen-bond donors (Lipinski definition) is 0. The molecule has 7 heteroatoms. The lowest BCUT2D eigenvalue weighted by molar-refractivity contribution is 0.0729. The number of carbonyl (C=O) groups excluding carboxylic acids is 1. The summed E-state index contributed by atoms with van der Waals surface area (Å²) >= 11 is 0. The van der Waals surface area contributed by atoms with E-state index in [1.807, 2.05) is 4.90 Å².